The molecule has 1 aromatic carbocycles. The van der Waals surface area contributed by atoms with Gasteiger partial charge in [0.2, 0.25) is 11.7 Å². The first-order chi connectivity index (χ1) is 14.1. The van der Waals surface area contributed by atoms with Crippen molar-refractivity contribution in [2.24, 2.45) is 10.9 Å². The molecule has 1 unspecified atom stereocenters. The lowest BCUT2D eigenvalue weighted by Crippen LogP contribution is -2.40. The maximum atomic E-state index is 5.94. The van der Waals surface area contributed by atoms with Crippen molar-refractivity contribution in [2.75, 3.05) is 39.3 Å². The summed E-state index contributed by atoms with van der Waals surface area (Å²) in [4.78, 5) is 14.0. The fourth-order valence-electron chi connectivity index (χ4n) is 3.62. The SMILES string of the molecule is CCNC(=NCc1nc(-c2ccc(Cl)cc2)no1)N1CCC(CN(CC)CC)C1. The van der Waals surface area contributed by atoms with Gasteiger partial charge in [-0.15, -0.1) is 0 Å². The minimum atomic E-state index is 0.361. The molecule has 0 aliphatic carbocycles. The number of nitrogens with zero attached hydrogens (tertiary/aromatic N) is 5. The highest BCUT2D eigenvalue weighted by Gasteiger charge is 2.26. The number of aliphatic imine (C=N–C) groups is 1. The summed E-state index contributed by atoms with van der Waals surface area (Å²) in [6, 6.07) is 7.39. The molecule has 1 aliphatic rings. The third-order valence-corrected chi connectivity index (χ3v) is 5.52. The van der Waals surface area contributed by atoms with Crippen LogP contribution in [0.2, 0.25) is 5.02 Å². The van der Waals surface area contributed by atoms with Gasteiger partial charge in [0.25, 0.3) is 0 Å². The summed E-state index contributed by atoms with van der Waals surface area (Å²) in [5.74, 6) is 2.65. The van der Waals surface area contributed by atoms with E-state index in [0.29, 0.717) is 29.2 Å². The zero-order chi connectivity index (χ0) is 20.6. The average molecular weight is 419 g/mol. The zero-order valence-corrected chi connectivity index (χ0v) is 18.3. The molecule has 1 saturated heterocycles. The number of hydrogen-bond donors (Lipinski definition) is 1. The summed E-state index contributed by atoms with van der Waals surface area (Å²) in [5.41, 5.74) is 0.874. The van der Waals surface area contributed by atoms with Crippen LogP contribution in [-0.2, 0) is 6.54 Å². The van der Waals surface area contributed by atoms with Crippen molar-refractivity contribution in [3.05, 3.63) is 35.2 Å². The Morgan fingerprint density at radius 2 is 2.03 bits per heavy atom. The molecule has 0 saturated carbocycles. The van der Waals surface area contributed by atoms with Crippen molar-refractivity contribution < 1.29 is 4.52 Å². The van der Waals surface area contributed by atoms with Gasteiger partial charge < -0.3 is 19.6 Å². The molecule has 0 amide bonds. The van der Waals surface area contributed by atoms with E-state index >= 15 is 0 Å². The molecule has 1 N–H and O–H groups in total. The Bertz CT molecular complexity index is 787. The number of halogens is 1. The Morgan fingerprint density at radius 3 is 2.72 bits per heavy atom. The second kappa shape index (κ2) is 10.6. The lowest BCUT2D eigenvalue weighted by atomic mass is 10.1. The minimum Gasteiger partial charge on any atom is -0.357 e. The maximum Gasteiger partial charge on any atom is 0.248 e. The predicted octanol–water partition coefficient (Wildman–Crippen LogP) is 3.52. The van der Waals surface area contributed by atoms with E-state index in [1.807, 2.05) is 24.3 Å². The third kappa shape index (κ3) is 5.93. The highest BCUT2D eigenvalue weighted by atomic mass is 35.5. The monoisotopic (exact) mass is 418 g/mol. The highest BCUT2D eigenvalue weighted by molar-refractivity contribution is 6.30. The first-order valence-corrected chi connectivity index (χ1v) is 10.8. The van der Waals surface area contributed by atoms with Gasteiger partial charge in [0.05, 0.1) is 0 Å². The predicted molar refractivity (Wildman–Crippen MR) is 117 cm³/mol. The first kappa shape index (κ1) is 21.6. The van der Waals surface area contributed by atoms with Crippen LogP contribution >= 0.6 is 11.6 Å². The molecule has 29 heavy (non-hydrogen) atoms. The van der Waals surface area contributed by atoms with Gasteiger partial charge in [-0.25, -0.2) is 4.99 Å². The molecule has 1 aliphatic heterocycles. The van der Waals surface area contributed by atoms with Gasteiger partial charge in [0, 0.05) is 36.8 Å². The second-order valence-electron chi connectivity index (χ2n) is 7.28. The van der Waals surface area contributed by atoms with E-state index in [1.165, 1.54) is 6.42 Å². The van der Waals surface area contributed by atoms with Crippen molar-refractivity contribution in [3.63, 3.8) is 0 Å². The highest BCUT2D eigenvalue weighted by Crippen LogP contribution is 2.20. The van der Waals surface area contributed by atoms with Crippen LogP contribution in [0.5, 0.6) is 0 Å². The van der Waals surface area contributed by atoms with Crippen LogP contribution in [0, 0.1) is 5.92 Å². The van der Waals surface area contributed by atoms with Gasteiger partial charge >= 0.3 is 0 Å². The number of nitrogens with one attached hydrogen (secondary N) is 1. The Morgan fingerprint density at radius 1 is 1.28 bits per heavy atom. The van der Waals surface area contributed by atoms with Crippen LogP contribution in [-0.4, -0.2) is 65.2 Å². The van der Waals surface area contributed by atoms with Gasteiger partial charge in [-0.05, 0) is 56.6 Å². The van der Waals surface area contributed by atoms with Crippen molar-refractivity contribution in [3.8, 4) is 11.4 Å². The molecule has 7 nitrogen and oxygen atoms in total. The van der Waals surface area contributed by atoms with Crippen LogP contribution in [0.3, 0.4) is 0 Å². The fourth-order valence-corrected chi connectivity index (χ4v) is 3.75. The Labute approximate surface area is 178 Å². The van der Waals surface area contributed by atoms with Crippen LogP contribution in [0.15, 0.2) is 33.8 Å². The molecular weight excluding hydrogens is 388 g/mol. The van der Waals surface area contributed by atoms with Crippen molar-refractivity contribution in [1.82, 2.24) is 25.3 Å². The standard InChI is InChI=1S/C21H31ClN6O/c1-4-23-21(28-12-11-16(15-28)14-27(5-2)6-3)24-13-19-25-20(26-29-19)17-7-9-18(22)10-8-17/h7-10,16H,4-6,11-15H2,1-3H3,(H,23,24). The second-order valence-corrected chi connectivity index (χ2v) is 7.71. The number of likely N-dealkylation sites (tertiary alicyclic amines) is 1. The summed E-state index contributed by atoms with van der Waals surface area (Å²) in [7, 11) is 0. The maximum absolute atomic E-state index is 5.94. The molecule has 8 heteroatoms. The molecule has 0 spiro atoms. The van der Waals surface area contributed by atoms with E-state index in [0.717, 1.165) is 50.8 Å². The quantitative estimate of drug-likeness (QED) is 0.522. The van der Waals surface area contributed by atoms with Crippen LogP contribution < -0.4 is 5.32 Å². The topological polar surface area (TPSA) is 69.8 Å². The van der Waals surface area contributed by atoms with Crippen LogP contribution in [0.4, 0.5) is 0 Å². The smallest absolute Gasteiger partial charge is 0.248 e. The van der Waals surface area contributed by atoms with E-state index < -0.39 is 0 Å². The Balaban J connectivity index is 1.62. The van der Waals surface area contributed by atoms with E-state index in [2.05, 4.69) is 46.0 Å². The molecule has 0 bridgehead atoms. The fraction of sp³-hybridized carbons (Fsp3) is 0.571. The zero-order valence-electron chi connectivity index (χ0n) is 17.6. The van der Waals surface area contributed by atoms with Crippen molar-refractivity contribution in [2.45, 2.75) is 33.7 Å². The Kier molecular flexibility index (Phi) is 7.89. The van der Waals surface area contributed by atoms with Crippen molar-refractivity contribution in [1.29, 1.82) is 0 Å². The first-order valence-electron chi connectivity index (χ1n) is 10.5. The van der Waals surface area contributed by atoms with E-state index in [-0.39, 0.29) is 0 Å². The molecular formula is C21H31ClN6O. The van der Waals surface area contributed by atoms with E-state index in [1.54, 1.807) is 0 Å². The summed E-state index contributed by atoms with van der Waals surface area (Å²) in [6.45, 7) is 13.1. The van der Waals surface area contributed by atoms with Gasteiger partial charge in [-0.3, -0.25) is 0 Å². The molecule has 2 heterocycles. The summed E-state index contributed by atoms with van der Waals surface area (Å²) >= 11 is 5.94. The lowest BCUT2D eigenvalue weighted by Gasteiger charge is -2.24. The third-order valence-electron chi connectivity index (χ3n) is 5.27. The molecule has 1 atom stereocenters. The van der Waals surface area contributed by atoms with Crippen molar-refractivity contribution >= 4 is 17.6 Å². The number of aromatic nitrogens is 2. The molecule has 1 aromatic heterocycles. The number of rotatable bonds is 8. The summed E-state index contributed by atoms with van der Waals surface area (Å²) in [5, 5.41) is 8.14. The van der Waals surface area contributed by atoms with Gasteiger partial charge in [0.15, 0.2) is 5.96 Å². The summed E-state index contributed by atoms with van der Waals surface area (Å²) in [6.07, 6.45) is 1.20. The molecule has 3 rings (SSSR count). The average Bonchev–Trinajstić information content (AvgIpc) is 3.39. The van der Waals surface area contributed by atoms with Crippen LogP contribution in [0.1, 0.15) is 33.1 Å². The van der Waals surface area contributed by atoms with Gasteiger partial charge in [-0.2, -0.15) is 4.98 Å². The molecule has 158 valence electrons. The van der Waals surface area contributed by atoms with E-state index in [4.69, 9.17) is 21.1 Å². The number of guanidine groups is 1. The molecule has 0 radical (unpaired) electrons. The number of benzene rings is 1. The van der Waals surface area contributed by atoms with E-state index in [9.17, 15) is 0 Å². The number of hydrogen-bond acceptors (Lipinski definition) is 5. The van der Waals surface area contributed by atoms with Gasteiger partial charge in [-0.1, -0.05) is 30.6 Å². The summed E-state index contributed by atoms with van der Waals surface area (Å²) < 4.78 is 5.39. The normalized spacial score (nSPS) is 17.3. The Hall–Kier alpha value is -2.12. The molecule has 1 fully saturated rings. The lowest BCUT2D eigenvalue weighted by molar-refractivity contribution is 0.255. The largest absolute Gasteiger partial charge is 0.357 e. The minimum absolute atomic E-state index is 0.361. The van der Waals surface area contributed by atoms with Gasteiger partial charge in [0.1, 0.15) is 6.54 Å². The van der Waals surface area contributed by atoms with Crippen LogP contribution in [0.25, 0.3) is 11.4 Å². The molecule has 2 aromatic rings.